The van der Waals surface area contributed by atoms with Crippen molar-refractivity contribution in [3.63, 3.8) is 0 Å². The third kappa shape index (κ3) is 3.61. The summed E-state index contributed by atoms with van der Waals surface area (Å²) in [5.74, 6) is -4.96. The van der Waals surface area contributed by atoms with E-state index in [0.717, 1.165) is 10.9 Å². The topological polar surface area (TPSA) is 51.0 Å². The minimum atomic E-state index is -3.10. The van der Waals surface area contributed by atoms with Gasteiger partial charge in [0.15, 0.2) is 17.5 Å². The summed E-state index contributed by atoms with van der Waals surface area (Å²) in [6.45, 7) is -2.97. The van der Waals surface area contributed by atoms with Gasteiger partial charge in [0.05, 0.1) is 23.4 Å². The van der Waals surface area contributed by atoms with E-state index in [0.29, 0.717) is 27.9 Å². The van der Waals surface area contributed by atoms with Crippen LogP contribution < -0.4 is 0 Å². The molecule has 0 fully saturated rings. The highest BCUT2D eigenvalue weighted by molar-refractivity contribution is 5.98. The van der Waals surface area contributed by atoms with Crippen LogP contribution in [0, 0.1) is 17.5 Å². The maximum Gasteiger partial charge on any atom is 0.333 e. The van der Waals surface area contributed by atoms with Gasteiger partial charge in [-0.2, -0.15) is 13.9 Å². The number of halogens is 5. The molecule has 0 N–H and O–H groups in total. The number of nitrogens with zero attached hydrogens (tertiary/aromatic N) is 4. The fourth-order valence-corrected chi connectivity index (χ4v) is 4.12. The van der Waals surface area contributed by atoms with Crippen molar-refractivity contribution >= 4 is 16.8 Å². The lowest BCUT2D eigenvalue weighted by Gasteiger charge is -2.26. The number of carbonyl (C=O) groups is 1. The summed E-state index contributed by atoms with van der Waals surface area (Å²) >= 11 is 0. The number of alkyl halides is 2. The van der Waals surface area contributed by atoms with Crippen LogP contribution in [0.15, 0.2) is 48.7 Å². The summed E-state index contributed by atoms with van der Waals surface area (Å²) in [5.41, 5.74) is 1.23. The lowest BCUT2D eigenvalue weighted by Crippen LogP contribution is -2.36. The van der Waals surface area contributed by atoms with Crippen molar-refractivity contribution in [2.45, 2.75) is 19.5 Å². The predicted molar refractivity (Wildman–Crippen MR) is 109 cm³/mol. The van der Waals surface area contributed by atoms with Gasteiger partial charge in [0.2, 0.25) is 0 Å². The summed E-state index contributed by atoms with van der Waals surface area (Å²) < 4.78 is 68.7. The molecule has 33 heavy (non-hydrogen) atoms. The summed E-state index contributed by atoms with van der Waals surface area (Å²) in [4.78, 5) is 18.7. The summed E-state index contributed by atoms with van der Waals surface area (Å²) in [6, 6.07) is 9.96. The number of pyridine rings is 1. The molecule has 5 rings (SSSR count). The van der Waals surface area contributed by atoms with Crippen LogP contribution in [-0.2, 0) is 13.0 Å². The van der Waals surface area contributed by atoms with Crippen LogP contribution >= 0.6 is 0 Å². The normalized spacial score (nSPS) is 13.6. The summed E-state index contributed by atoms with van der Waals surface area (Å²) in [7, 11) is 0. The number of hydrogen-bond acceptors (Lipinski definition) is 3. The average molecular weight is 458 g/mol. The van der Waals surface area contributed by atoms with E-state index in [1.165, 1.54) is 4.90 Å². The highest BCUT2D eigenvalue weighted by Gasteiger charge is 2.31. The Hall–Kier alpha value is -3.82. The van der Waals surface area contributed by atoms with Crippen molar-refractivity contribution in [1.29, 1.82) is 0 Å². The third-order valence-corrected chi connectivity index (χ3v) is 5.64. The van der Waals surface area contributed by atoms with Gasteiger partial charge in [0.1, 0.15) is 0 Å². The summed E-state index contributed by atoms with van der Waals surface area (Å²) in [5, 5.41) is 4.69. The second-order valence-electron chi connectivity index (χ2n) is 7.64. The quantitative estimate of drug-likeness (QED) is 0.317. The van der Waals surface area contributed by atoms with Gasteiger partial charge >= 0.3 is 6.55 Å². The van der Waals surface area contributed by atoms with Gasteiger partial charge in [-0.05, 0) is 42.8 Å². The molecule has 168 valence electrons. The molecular weight excluding hydrogens is 443 g/mol. The standard InChI is InChI=1S/C23H15F5N4O/c24-16-9-14(10-17(25)20(16)26)21-15-5-7-31(11-19(15)30-32(21)23(27)28)22(33)13-3-4-18-12(8-13)2-1-6-29-18/h1-4,6,8-10,23H,5,7,11H2. The zero-order valence-corrected chi connectivity index (χ0v) is 16.9. The first-order valence-electron chi connectivity index (χ1n) is 10.0. The van der Waals surface area contributed by atoms with Crippen LogP contribution in [0.25, 0.3) is 22.2 Å². The van der Waals surface area contributed by atoms with E-state index in [9.17, 15) is 26.7 Å². The van der Waals surface area contributed by atoms with E-state index >= 15 is 0 Å². The average Bonchev–Trinajstić information content (AvgIpc) is 3.20. The van der Waals surface area contributed by atoms with Gasteiger partial charge in [-0.3, -0.25) is 9.78 Å². The van der Waals surface area contributed by atoms with Gasteiger partial charge in [0, 0.05) is 34.8 Å². The molecule has 0 saturated carbocycles. The number of aromatic nitrogens is 3. The van der Waals surface area contributed by atoms with Crippen molar-refractivity contribution in [1.82, 2.24) is 19.7 Å². The molecule has 0 atom stereocenters. The van der Waals surface area contributed by atoms with E-state index < -0.39 is 24.0 Å². The Labute approximate surface area is 184 Å². The number of rotatable bonds is 3. The second kappa shape index (κ2) is 7.95. The van der Waals surface area contributed by atoms with E-state index in [2.05, 4.69) is 10.1 Å². The molecule has 0 unspecified atom stereocenters. The summed E-state index contributed by atoms with van der Waals surface area (Å²) in [6.07, 6.45) is 1.78. The molecule has 1 aliphatic rings. The van der Waals surface area contributed by atoms with Crippen LogP contribution in [0.2, 0.25) is 0 Å². The minimum absolute atomic E-state index is 0.0574. The first-order valence-corrected chi connectivity index (χ1v) is 10.0. The number of hydrogen-bond donors (Lipinski definition) is 0. The molecule has 3 heterocycles. The van der Waals surface area contributed by atoms with Gasteiger partial charge in [-0.25, -0.2) is 17.9 Å². The van der Waals surface area contributed by atoms with Crippen LogP contribution in [-0.4, -0.2) is 32.1 Å². The Morgan fingerprint density at radius 3 is 2.52 bits per heavy atom. The Morgan fingerprint density at radius 1 is 1.03 bits per heavy atom. The van der Waals surface area contributed by atoms with Gasteiger partial charge in [-0.1, -0.05) is 6.07 Å². The van der Waals surface area contributed by atoms with E-state index in [1.807, 2.05) is 6.07 Å². The van der Waals surface area contributed by atoms with Gasteiger partial charge in [-0.15, -0.1) is 0 Å². The van der Waals surface area contributed by atoms with Crippen molar-refractivity contribution in [2.75, 3.05) is 6.54 Å². The van der Waals surface area contributed by atoms with Crippen molar-refractivity contribution in [3.05, 3.63) is 82.9 Å². The number of benzene rings is 2. The van der Waals surface area contributed by atoms with E-state index in [-0.39, 0.29) is 42.4 Å². The molecule has 10 heteroatoms. The predicted octanol–water partition coefficient (Wildman–Crippen LogP) is 5.11. The monoisotopic (exact) mass is 458 g/mol. The number of amides is 1. The number of fused-ring (bicyclic) bond motifs is 2. The number of carbonyl (C=O) groups excluding carboxylic acids is 1. The Morgan fingerprint density at radius 2 is 1.79 bits per heavy atom. The molecule has 2 aromatic carbocycles. The fraction of sp³-hybridized carbons (Fsp3) is 0.174. The van der Waals surface area contributed by atoms with Gasteiger partial charge < -0.3 is 4.90 Å². The molecule has 5 nitrogen and oxygen atoms in total. The first-order chi connectivity index (χ1) is 15.8. The molecule has 0 aliphatic carbocycles. The molecular formula is C23H15F5N4O. The molecule has 0 saturated heterocycles. The molecule has 0 bridgehead atoms. The lowest BCUT2D eigenvalue weighted by molar-refractivity contribution is 0.0576. The molecule has 1 aliphatic heterocycles. The van der Waals surface area contributed by atoms with Crippen LogP contribution in [0.3, 0.4) is 0 Å². The minimum Gasteiger partial charge on any atom is -0.332 e. The smallest absolute Gasteiger partial charge is 0.332 e. The Balaban J connectivity index is 1.50. The SMILES string of the molecule is O=C(c1ccc2ncccc2c1)N1CCc2c(nn(C(F)F)c2-c2cc(F)c(F)c(F)c2)C1. The first kappa shape index (κ1) is 21.0. The van der Waals surface area contributed by atoms with E-state index in [4.69, 9.17) is 0 Å². The fourth-order valence-electron chi connectivity index (χ4n) is 4.12. The zero-order chi connectivity index (χ0) is 23.3. The van der Waals surface area contributed by atoms with Crippen LogP contribution in [0.4, 0.5) is 22.0 Å². The largest absolute Gasteiger partial charge is 0.333 e. The maximum absolute atomic E-state index is 13.8. The molecule has 0 radical (unpaired) electrons. The van der Waals surface area contributed by atoms with Crippen molar-refractivity contribution in [2.24, 2.45) is 0 Å². The third-order valence-electron chi connectivity index (χ3n) is 5.64. The van der Waals surface area contributed by atoms with Crippen LogP contribution in [0.5, 0.6) is 0 Å². The van der Waals surface area contributed by atoms with E-state index in [1.54, 1.807) is 30.5 Å². The molecule has 2 aromatic heterocycles. The highest BCUT2D eigenvalue weighted by Crippen LogP contribution is 2.35. The Bertz CT molecular complexity index is 1380. The van der Waals surface area contributed by atoms with Crippen LogP contribution in [0.1, 0.15) is 28.2 Å². The van der Waals surface area contributed by atoms with Crippen molar-refractivity contribution < 1.29 is 26.7 Å². The maximum atomic E-state index is 13.8. The lowest BCUT2D eigenvalue weighted by atomic mass is 9.99. The highest BCUT2D eigenvalue weighted by atomic mass is 19.3. The molecule has 0 spiro atoms. The Kier molecular flexibility index (Phi) is 5.07. The molecule has 1 amide bonds. The second-order valence-corrected chi connectivity index (χ2v) is 7.64. The zero-order valence-electron chi connectivity index (χ0n) is 16.9. The van der Waals surface area contributed by atoms with Gasteiger partial charge in [0.25, 0.3) is 5.91 Å². The van der Waals surface area contributed by atoms with Crippen molar-refractivity contribution in [3.8, 4) is 11.3 Å². The molecule has 4 aromatic rings.